The molecule has 6 heteroatoms. The van der Waals surface area contributed by atoms with Crippen molar-refractivity contribution in [2.75, 3.05) is 0 Å². The van der Waals surface area contributed by atoms with Gasteiger partial charge in [0.25, 0.3) is 0 Å². The minimum Gasteiger partial charge on any atom is -0.386 e. The maximum atomic E-state index is 12.9. The molecular formula is C10H8ClFN2OS. The Bertz CT molecular complexity index is 478. The number of aliphatic hydroxyl groups is 1. The van der Waals surface area contributed by atoms with Gasteiger partial charge in [0.05, 0.1) is 5.02 Å². The highest BCUT2D eigenvalue weighted by molar-refractivity contribution is 7.03. The van der Waals surface area contributed by atoms with Gasteiger partial charge in [-0.3, -0.25) is 0 Å². The lowest BCUT2D eigenvalue weighted by molar-refractivity contribution is 0.173. The molecule has 84 valence electrons. The SMILES string of the molecule is OC(Cc1ccc(F)c(Cl)c1)c1csnn1. The molecule has 16 heavy (non-hydrogen) atoms. The summed E-state index contributed by atoms with van der Waals surface area (Å²) < 4.78 is 16.6. The molecule has 2 aromatic rings. The molecule has 1 N–H and O–H groups in total. The van der Waals surface area contributed by atoms with E-state index in [1.54, 1.807) is 11.4 Å². The minimum atomic E-state index is -0.736. The van der Waals surface area contributed by atoms with Crippen LogP contribution in [0, 0.1) is 5.82 Å². The number of aliphatic hydroxyl groups excluding tert-OH is 1. The molecule has 0 saturated carbocycles. The van der Waals surface area contributed by atoms with Crippen LogP contribution in [0.4, 0.5) is 4.39 Å². The van der Waals surface area contributed by atoms with E-state index in [1.807, 2.05) is 0 Å². The highest BCUT2D eigenvalue weighted by Crippen LogP contribution is 2.21. The Balaban J connectivity index is 2.12. The van der Waals surface area contributed by atoms with E-state index in [0.29, 0.717) is 12.1 Å². The molecular weight excluding hydrogens is 251 g/mol. The third-order valence-electron chi connectivity index (χ3n) is 2.13. The van der Waals surface area contributed by atoms with Crippen LogP contribution in [0.1, 0.15) is 17.4 Å². The predicted octanol–water partition coefficient (Wildman–Crippen LogP) is 2.61. The van der Waals surface area contributed by atoms with Crippen LogP contribution in [-0.4, -0.2) is 14.7 Å². The first-order valence-corrected chi connectivity index (χ1v) is 5.77. The third kappa shape index (κ3) is 2.55. The van der Waals surface area contributed by atoms with E-state index in [2.05, 4.69) is 9.59 Å². The molecule has 1 unspecified atom stereocenters. The number of halogens is 2. The summed E-state index contributed by atoms with van der Waals surface area (Å²) in [4.78, 5) is 0. The van der Waals surface area contributed by atoms with Crippen LogP contribution >= 0.6 is 23.1 Å². The van der Waals surface area contributed by atoms with Gasteiger partial charge in [-0.25, -0.2) is 4.39 Å². The Morgan fingerprint density at radius 1 is 1.50 bits per heavy atom. The van der Waals surface area contributed by atoms with Crippen LogP contribution in [0.3, 0.4) is 0 Å². The van der Waals surface area contributed by atoms with Crippen molar-refractivity contribution in [2.45, 2.75) is 12.5 Å². The van der Waals surface area contributed by atoms with Crippen LogP contribution in [0.5, 0.6) is 0 Å². The van der Waals surface area contributed by atoms with Crippen LogP contribution in [0.15, 0.2) is 23.6 Å². The number of hydrogen-bond donors (Lipinski definition) is 1. The summed E-state index contributed by atoms with van der Waals surface area (Å²) in [6.07, 6.45) is -0.397. The van der Waals surface area contributed by atoms with Crippen LogP contribution < -0.4 is 0 Å². The average molecular weight is 259 g/mol. The molecule has 3 nitrogen and oxygen atoms in total. The Hall–Kier alpha value is -1.04. The molecule has 0 aliphatic heterocycles. The Labute approximate surface area is 101 Å². The summed E-state index contributed by atoms with van der Waals surface area (Å²) in [6.45, 7) is 0. The second-order valence-corrected chi connectivity index (χ2v) is 4.32. The molecule has 2 rings (SSSR count). The van der Waals surface area contributed by atoms with Gasteiger partial charge < -0.3 is 5.11 Å². The van der Waals surface area contributed by atoms with Crippen LogP contribution in [0.2, 0.25) is 5.02 Å². The first-order chi connectivity index (χ1) is 7.66. The van der Waals surface area contributed by atoms with E-state index in [1.165, 1.54) is 23.7 Å². The van der Waals surface area contributed by atoms with E-state index in [0.717, 1.165) is 5.56 Å². The maximum Gasteiger partial charge on any atom is 0.141 e. The van der Waals surface area contributed by atoms with E-state index in [4.69, 9.17) is 11.6 Å². The molecule has 0 saturated heterocycles. The van der Waals surface area contributed by atoms with Gasteiger partial charge >= 0.3 is 0 Å². The standard InChI is InChI=1S/C10H8ClFN2OS/c11-7-3-6(1-2-8(7)12)4-10(15)9-5-16-14-13-9/h1-3,5,10,15H,4H2. The highest BCUT2D eigenvalue weighted by Gasteiger charge is 2.12. The number of benzene rings is 1. The summed E-state index contributed by atoms with van der Waals surface area (Å²) in [7, 11) is 0. The van der Waals surface area contributed by atoms with E-state index in [-0.39, 0.29) is 5.02 Å². The number of aromatic nitrogens is 2. The lowest BCUT2D eigenvalue weighted by atomic mass is 10.1. The molecule has 0 amide bonds. The smallest absolute Gasteiger partial charge is 0.141 e. The minimum absolute atomic E-state index is 0.0566. The average Bonchev–Trinajstić information content (AvgIpc) is 2.77. The summed E-state index contributed by atoms with van der Waals surface area (Å²) in [5.74, 6) is -0.463. The molecule has 0 fully saturated rings. The van der Waals surface area contributed by atoms with E-state index < -0.39 is 11.9 Å². The lowest BCUT2D eigenvalue weighted by Crippen LogP contribution is -2.02. The van der Waals surface area contributed by atoms with E-state index in [9.17, 15) is 9.50 Å². The second kappa shape index (κ2) is 4.86. The molecule has 0 spiro atoms. The van der Waals surface area contributed by atoms with E-state index >= 15 is 0 Å². The Kier molecular flexibility index (Phi) is 3.48. The van der Waals surface area contributed by atoms with Crippen LogP contribution in [-0.2, 0) is 6.42 Å². The van der Waals surface area contributed by atoms with Gasteiger partial charge in [-0.05, 0) is 29.2 Å². The van der Waals surface area contributed by atoms with Crippen LogP contribution in [0.25, 0.3) is 0 Å². The summed E-state index contributed by atoms with van der Waals surface area (Å²) >= 11 is 6.82. The van der Waals surface area contributed by atoms with Crippen molar-refractivity contribution in [3.8, 4) is 0 Å². The first kappa shape index (κ1) is 11.4. The topological polar surface area (TPSA) is 46.0 Å². The zero-order valence-electron chi connectivity index (χ0n) is 8.10. The fourth-order valence-electron chi connectivity index (χ4n) is 1.31. The number of rotatable bonds is 3. The van der Waals surface area contributed by atoms with Crippen molar-refractivity contribution in [2.24, 2.45) is 0 Å². The maximum absolute atomic E-state index is 12.9. The van der Waals surface area contributed by atoms with Crippen molar-refractivity contribution in [3.63, 3.8) is 0 Å². The largest absolute Gasteiger partial charge is 0.386 e. The molecule has 0 bridgehead atoms. The normalized spacial score (nSPS) is 12.7. The zero-order valence-corrected chi connectivity index (χ0v) is 9.67. The summed E-state index contributed by atoms with van der Waals surface area (Å²) in [5, 5.41) is 15.3. The molecule has 0 radical (unpaired) electrons. The van der Waals surface area contributed by atoms with Gasteiger partial charge in [0.2, 0.25) is 0 Å². The molecule has 1 aromatic carbocycles. The predicted molar refractivity (Wildman–Crippen MR) is 60.0 cm³/mol. The molecule has 1 aromatic heterocycles. The van der Waals surface area contributed by atoms with Crippen molar-refractivity contribution in [1.82, 2.24) is 9.59 Å². The van der Waals surface area contributed by atoms with Gasteiger partial charge in [-0.15, -0.1) is 5.10 Å². The fraction of sp³-hybridized carbons (Fsp3) is 0.200. The second-order valence-electron chi connectivity index (χ2n) is 3.30. The molecule has 0 aliphatic carbocycles. The van der Waals surface area contributed by atoms with Gasteiger partial charge in [0.15, 0.2) is 0 Å². The van der Waals surface area contributed by atoms with Gasteiger partial charge in [-0.2, -0.15) is 0 Å². The molecule has 1 atom stereocenters. The Morgan fingerprint density at radius 2 is 2.31 bits per heavy atom. The lowest BCUT2D eigenvalue weighted by Gasteiger charge is -2.07. The number of nitrogens with zero attached hydrogens (tertiary/aromatic N) is 2. The fourth-order valence-corrected chi connectivity index (χ4v) is 2.02. The Morgan fingerprint density at radius 3 is 2.94 bits per heavy atom. The van der Waals surface area contributed by atoms with Crippen molar-refractivity contribution < 1.29 is 9.50 Å². The van der Waals surface area contributed by atoms with Gasteiger partial charge in [0, 0.05) is 11.8 Å². The first-order valence-electron chi connectivity index (χ1n) is 4.56. The van der Waals surface area contributed by atoms with Gasteiger partial charge in [0.1, 0.15) is 17.6 Å². The van der Waals surface area contributed by atoms with Crippen molar-refractivity contribution in [1.29, 1.82) is 0 Å². The van der Waals surface area contributed by atoms with Crippen molar-refractivity contribution in [3.05, 3.63) is 45.7 Å². The third-order valence-corrected chi connectivity index (χ3v) is 2.94. The number of hydrogen-bond acceptors (Lipinski definition) is 4. The van der Waals surface area contributed by atoms with Gasteiger partial charge in [-0.1, -0.05) is 22.2 Å². The molecule has 1 heterocycles. The summed E-state index contributed by atoms with van der Waals surface area (Å²) in [5.41, 5.74) is 1.28. The monoisotopic (exact) mass is 258 g/mol. The van der Waals surface area contributed by atoms with Crippen molar-refractivity contribution >= 4 is 23.1 Å². The molecule has 0 aliphatic rings. The highest BCUT2D eigenvalue weighted by atomic mass is 35.5. The zero-order chi connectivity index (χ0) is 11.5. The quantitative estimate of drug-likeness (QED) is 0.921. The summed E-state index contributed by atoms with van der Waals surface area (Å²) in [6, 6.07) is 4.37.